The average molecular weight is 342 g/mol. The number of carbonyl (C=O) groups is 2. The highest BCUT2D eigenvalue weighted by molar-refractivity contribution is 7.85. The van der Waals surface area contributed by atoms with Crippen LogP contribution in [0.1, 0.15) is 28.8 Å². The van der Waals surface area contributed by atoms with Crippen LogP contribution in [-0.2, 0) is 30.7 Å². The smallest absolute Gasteiger partial charge is 0.338 e. The Bertz CT molecular complexity index is 625. The van der Waals surface area contributed by atoms with Crippen LogP contribution in [0.4, 0.5) is 0 Å². The zero-order chi connectivity index (χ0) is 17.3. The van der Waals surface area contributed by atoms with E-state index >= 15 is 0 Å². The zero-order valence-electron chi connectivity index (χ0n) is 12.9. The monoisotopic (exact) mass is 342 g/mol. The molecule has 0 aliphatic rings. The molecular formula is C14H19BO7S. The van der Waals surface area contributed by atoms with Gasteiger partial charge in [0.15, 0.2) is 0 Å². The second kappa shape index (κ2) is 9.31. The van der Waals surface area contributed by atoms with Crippen molar-refractivity contribution >= 4 is 29.9 Å². The average Bonchev–Trinajstić information content (AvgIpc) is 2.50. The Morgan fingerprint density at radius 2 is 1.74 bits per heavy atom. The van der Waals surface area contributed by atoms with Gasteiger partial charge in [0.05, 0.1) is 12.2 Å². The van der Waals surface area contributed by atoms with Crippen LogP contribution < -0.4 is 0 Å². The van der Waals surface area contributed by atoms with E-state index in [0.717, 1.165) is 11.9 Å². The molecule has 126 valence electrons. The van der Waals surface area contributed by atoms with Gasteiger partial charge in [-0.2, -0.15) is 8.42 Å². The summed E-state index contributed by atoms with van der Waals surface area (Å²) in [5.41, 5.74) is 1.56. The zero-order valence-corrected chi connectivity index (χ0v) is 13.7. The lowest BCUT2D eigenvalue weighted by Gasteiger charge is -2.06. The third-order valence-electron chi connectivity index (χ3n) is 2.96. The van der Waals surface area contributed by atoms with Gasteiger partial charge in [-0.15, -0.1) is 0 Å². The molecule has 0 amide bonds. The van der Waals surface area contributed by atoms with E-state index in [0.29, 0.717) is 5.56 Å². The molecule has 0 bridgehead atoms. The van der Waals surface area contributed by atoms with Crippen LogP contribution in [0.25, 0.3) is 0 Å². The van der Waals surface area contributed by atoms with Gasteiger partial charge in [-0.05, 0) is 18.6 Å². The molecule has 1 aromatic carbocycles. The highest BCUT2D eigenvalue weighted by Crippen LogP contribution is 2.06. The number of hydrogen-bond donors (Lipinski definition) is 1. The summed E-state index contributed by atoms with van der Waals surface area (Å²) in [6.45, 7) is -0.344. The van der Waals surface area contributed by atoms with Crippen molar-refractivity contribution in [3.05, 3.63) is 35.4 Å². The Labute approximate surface area is 136 Å². The summed E-state index contributed by atoms with van der Waals surface area (Å²) in [6, 6.07) is 7.07. The Kier molecular flexibility index (Phi) is 7.77. The van der Waals surface area contributed by atoms with E-state index in [9.17, 15) is 18.0 Å². The van der Waals surface area contributed by atoms with Gasteiger partial charge in [-0.1, -0.05) is 24.0 Å². The third-order valence-corrected chi connectivity index (χ3v) is 3.64. The Morgan fingerprint density at radius 1 is 1.09 bits per heavy atom. The first-order valence-electron chi connectivity index (χ1n) is 7.18. The number of rotatable bonds is 9. The van der Waals surface area contributed by atoms with Crippen LogP contribution in [0.5, 0.6) is 0 Å². The number of hydrogen-bond acceptors (Lipinski definition) is 6. The van der Waals surface area contributed by atoms with E-state index in [1.165, 1.54) is 0 Å². The SMILES string of the molecule is BCc1ccc(C(=O)OCCCC(=O)OCCS(=O)(=O)O)cc1. The largest absolute Gasteiger partial charge is 0.464 e. The molecule has 0 saturated heterocycles. The van der Waals surface area contributed by atoms with Crippen LogP contribution in [-0.4, -0.2) is 51.7 Å². The van der Waals surface area contributed by atoms with Gasteiger partial charge in [0.2, 0.25) is 0 Å². The van der Waals surface area contributed by atoms with Crippen LogP contribution >= 0.6 is 0 Å². The molecule has 9 heteroatoms. The molecule has 0 aliphatic carbocycles. The van der Waals surface area contributed by atoms with E-state index in [1.807, 2.05) is 20.0 Å². The van der Waals surface area contributed by atoms with Crippen LogP contribution in [0, 0.1) is 0 Å². The molecule has 0 unspecified atom stereocenters. The fourth-order valence-corrected chi connectivity index (χ4v) is 1.97. The Morgan fingerprint density at radius 3 is 2.30 bits per heavy atom. The first kappa shape index (κ1) is 19.2. The molecule has 0 aliphatic heterocycles. The standard InChI is InChI=1S/C14H19BO7S/c15-10-11-3-5-12(6-4-11)14(17)22-7-1-2-13(16)21-8-9-23(18,19)20/h3-6H,1-2,7-10,15H2,(H,18,19,20). The molecular weight excluding hydrogens is 323 g/mol. The summed E-state index contributed by atoms with van der Waals surface area (Å²) in [5.74, 6) is -1.72. The van der Waals surface area contributed by atoms with Crippen molar-refractivity contribution in [1.29, 1.82) is 0 Å². The van der Waals surface area contributed by atoms with Gasteiger partial charge in [-0.25, -0.2) is 4.79 Å². The van der Waals surface area contributed by atoms with Crippen molar-refractivity contribution in [2.75, 3.05) is 19.0 Å². The van der Waals surface area contributed by atoms with Crippen molar-refractivity contribution in [3.8, 4) is 0 Å². The van der Waals surface area contributed by atoms with Crippen molar-refractivity contribution in [2.45, 2.75) is 19.2 Å². The molecule has 0 saturated carbocycles. The molecule has 0 radical (unpaired) electrons. The van der Waals surface area contributed by atoms with Gasteiger partial charge in [0.25, 0.3) is 10.1 Å². The van der Waals surface area contributed by atoms with E-state index in [4.69, 9.17) is 9.29 Å². The lowest BCUT2D eigenvalue weighted by molar-refractivity contribution is -0.143. The summed E-state index contributed by atoms with van der Waals surface area (Å²) >= 11 is 0. The van der Waals surface area contributed by atoms with E-state index in [-0.39, 0.29) is 19.4 Å². The fraction of sp³-hybridized carbons (Fsp3) is 0.429. The topological polar surface area (TPSA) is 107 Å². The molecule has 1 N–H and O–H groups in total. The Balaban J connectivity index is 2.20. The fourth-order valence-electron chi connectivity index (χ4n) is 1.67. The minimum atomic E-state index is -4.14. The molecule has 0 atom stereocenters. The lowest BCUT2D eigenvalue weighted by atomic mass is 9.96. The maximum absolute atomic E-state index is 11.7. The van der Waals surface area contributed by atoms with Gasteiger partial charge in [0.1, 0.15) is 20.2 Å². The number of benzene rings is 1. The summed E-state index contributed by atoms with van der Waals surface area (Å²) in [4.78, 5) is 23.0. The minimum Gasteiger partial charge on any atom is -0.464 e. The predicted molar refractivity (Wildman–Crippen MR) is 85.6 cm³/mol. The van der Waals surface area contributed by atoms with Crippen molar-refractivity contribution in [2.24, 2.45) is 0 Å². The summed E-state index contributed by atoms with van der Waals surface area (Å²) < 4.78 is 39.0. The number of carbonyl (C=O) groups excluding carboxylic acids is 2. The van der Waals surface area contributed by atoms with Crippen molar-refractivity contribution in [1.82, 2.24) is 0 Å². The molecule has 0 aromatic heterocycles. The first-order chi connectivity index (χ1) is 10.8. The molecule has 0 spiro atoms. The third kappa shape index (κ3) is 8.37. The van der Waals surface area contributed by atoms with Gasteiger partial charge >= 0.3 is 11.9 Å². The van der Waals surface area contributed by atoms with E-state index in [1.54, 1.807) is 12.1 Å². The van der Waals surface area contributed by atoms with E-state index in [2.05, 4.69) is 4.74 Å². The molecule has 0 fully saturated rings. The van der Waals surface area contributed by atoms with E-state index < -0.39 is 34.4 Å². The summed E-state index contributed by atoms with van der Waals surface area (Å²) in [5, 5.41) is 0. The van der Waals surface area contributed by atoms with Crippen LogP contribution in [0.2, 0.25) is 0 Å². The van der Waals surface area contributed by atoms with Crippen molar-refractivity contribution in [3.63, 3.8) is 0 Å². The molecule has 1 rings (SSSR count). The number of esters is 2. The van der Waals surface area contributed by atoms with Gasteiger partial charge in [-0.3, -0.25) is 9.35 Å². The minimum absolute atomic E-state index is 0.00642. The normalized spacial score (nSPS) is 11.0. The lowest BCUT2D eigenvalue weighted by Crippen LogP contribution is -2.15. The first-order valence-corrected chi connectivity index (χ1v) is 8.79. The quantitative estimate of drug-likeness (QED) is 0.295. The molecule has 7 nitrogen and oxygen atoms in total. The van der Waals surface area contributed by atoms with Gasteiger partial charge < -0.3 is 9.47 Å². The summed E-state index contributed by atoms with van der Waals surface area (Å²) in [6.07, 6.45) is 1.14. The highest BCUT2D eigenvalue weighted by atomic mass is 32.2. The maximum atomic E-state index is 11.7. The molecule has 0 heterocycles. The second-order valence-corrected chi connectivity index (χ2v) is 6.37. The van der Waals surface area contributed by atoms with Crippen LogP contribution in [0.3, 0.4) is 0 Å². The Hall–Kier alpha value is -1.87. The number of ether oxygens (including phenoxy) is 2. The van der Waals surface area contributed by atoms with Crippen LogP contribution in [0.15, 0.2) is 24.3 Å². The summed E-state index contributed by atoms with van der Waals surface area (Å²) in [7, 11) is -2.12. The second-order valence-electron chi connectivity index (χ2n) is 4.80. The highest BCUT2D eigenvalue weighted by Gasteiger charge is 2.10. The maximum Gasteiger partial charge on any atom is 0.338 e. The molecule has 1 aromatic rings. The van der Waals surface area contributed by atoms with Crippen molar-refractivity contribution < 1.29 is 32.0 Å². The molecule has 23 heavy (non-hydrogen) atoms. The van der Waals surface area contributed by atoms with Gasteiger partial charge in [0, 0.05) is 6.42 Å². The predicted octanol–water partition coefficient (Wildman–Crippen LogP) is 0.188.